The molecular weight excluding hydrogens is 292 g/mol. The molecule has 2 aromatic rings. The number of halogens is 1. The fourth-order valence-corrected chi connectivity index (χ4v) is 1.90. The van der Waals surface area contributed by atoms with Gasteiger partial charge in [0.05, 0.1) is 6.42 Å². The summed E-state index contributed by atoms with van der Waals surface area (Å²) in [5, 5.41) is 14.7. The lowest BCUT2D eigenvalue weighted by molar-refractivity contribution is -0.136. The average molecular weight is 305 g/mol. The molecule has 0 unspecified atom stereocenters. The molecule has 0 bridgehead atoms. The lowest BCUT2D eigenvalue weighted by Gasteiger charge is -2.11. The van der Waals surface area contributed by atoms with Crippen LogP contribution in [0.15, 0.2) is 48.5 Å². The minimum atomic E-state index is -0.956. The third-order valence-corrected chi connectivity index (χ3v) is 2.96. The van der Waals surface area contributed by atoms with Gasteiger partial charge in [-0.15, -0.1) is 0 Å². The van der Waals surface area contributed by atoms with Crippen LogP contribution in [0, 0.1) is 0 Å². The van der Waals surface area contributed by atoms with Crippen LogP contribution in [0.4, 0.5) is 16.2 Å². The van der Waals surface area contributed by atoms with Crippen LogP contribution in [-0.2, 0) is 11.2 Å². The third-order valence-electron chi connectivity index (χ3n) is 2.71. The predicted molar refractivity (Wildman–Crippen MR) is 81.9 cm³/mol. The smallest absolute Gasteiger partial charge is 0.323 e. The Morgan fingerprint density at radius 3 is 2.33 bits per heavy atom. The van der Waals surface area contributed by atoms with Gasteiger partial charge in [0.25, 0.3) is 0 Å². The standard InChI is InChI=1S/C15H13ClN2O3/c16-11-5-7-12(8-6-11)17-15(21)18-13-4-2-1-3-10(13)9-14(19)20/h1-8H,9H2,(H,19,20)(H2,17,18,21). The lowest BCUT2D eigenvalue weighted by atomic mass is 10.1. The van der Waals surface area contributed by atoms with E-state index in [9.17, 15) is 9.59 Å². The first kappa shape index (κ1) is 14.9. The number of hydrogen-bond donors (Lipinski definition) is 3. The first-order valence-corrected chi connectivity index (χ1v) is 6.55. The molecule has 0 heterocycles. The van der Waals surface area contributed by atoms with Crippen molar-refractivity contribution in [2.45, 2.75) is 6.42 Å². The van der Waals surface area contributed by atoms with E-state index in [-0.39, 0.29) is 6.42 Å². The van der Waals surface area contributed by atoms with Gasteiger partial charge >= 0.3 is 12.0 Å². The van der Waals surface area contributed by atoms with Crippen LogP contribution in [0.25, 0.3) is 0 Å². The summed E-state index contributed by atoms with van der Waals surface area (Å²) in [6.45, 7) is 0. The second kappa shape index (κ2) is 6.76. The van der Waals surface area contributed by atoms with Gasteiger partial charge in [-0.25, -0.2) is 4.79 Å². The Morgan fingerprint density at radius 2 is 1.67 bits per heavy atom. The van der Waals surface area contributed by atoms with E-state index in [4.69, 9.17) is 16.7 Å². The molecule has 0 aliphatic rings. The molecule has 5 nitrogen and oxygen atoms in total. The van der Waals surface area contributed by atoms with Gasteiger partial charge in [0, 0.05) is 16.4 Å². The van der Waals surface area contributed by atoms with E-state index in [0.717, 1.165) is 0 Å². The van der Waals surface area contributed by atoms with Crippen molar-refractivity contribution in [1.29, 1.82) is 0 Å². The topological polar surface area (TPSA) is 78.4 Å². The molecule has 0 aromatic heterocycles. The molecule has 2 rings (SSSR count). The van der Waals surface area contributed by atoms with Crippen LogP contribution < -0.4 is 10.6 Å². The van der Waals surface area contributed by atoms with Gasteiger partial charge in [0.15, 0.2) is 0 Å². The maximum atomic E-state index is 11.9. The molecule has 108 valence electrons. The first-order valence-electron chi connectivity index (χ1n) is 6.18. The van der Waals surface area contributed by atoms with Crippen molar-refractivity contribution in [3.8, 4) is 0 Å². The van der Waals surface area contributed by atoms with Crippen molar-refractivity contribution >= 4 is 35.0 Å². The number of aliphatic carboxylic acids is 1. The molecule has 6 heteroatoms. The summed E-state index contributed by atoms with van der Waals surface area (Å²) < 4.78 is 0. The highest BCUT2D eigenvalue weighted by molar-refractivity contribution is 6.30. The van der Waals surface area contributed by atoms with E-state index in [1.807, 2.05) is 0 Å². The van der Waals surface area contributed by atoms with Gasteiger partial charge in [0.2, 0.25) is 0 Å². The van der Waals surface area contributed by atoms with Crippen LogP contribution in [0.5, 0.6) is 0 Å². The number of urea groups is 1. The Labute approximate surface area is 126 Å². The zero-order chi connectivity index (χ0) is 15.2. The minimum Gasteiger partial charge on any atom is -0.481 e. The molecule has 21 heavy (non-hydrogen) atoms. The van der Waals surface area contributed by atoms with E-state index in [1.54, 1.807) is 48.5 Å². The zero-order valence-corrected chi connectivity index (χ0v) is 11.7. The lowest BCUT2D eigenvalue weighted by Crippen LogP contribution is -2.20. The monoisotopic (exact) mass is 304 g/mol. The van der Waals surface area contributed by atoms with E-state index >= 15 is 0 Å². The van der Waals surface area contributed by atoms with Crippen LogP contribution in [0.1, 0.15) is 5.56 Å². The van der Waals surface area contributed by atoms with Gasteiger partial charge < -0.3 is 15.7 Å². The van der Waals surface area contributed by atoms with Crippen molar-refractivity contribution in [3.63, 3.8) is 0 Å². The average Bonchev–Trinajstić information content (AvgIpc) is 2.43. The van der Waals surface area contributed by atoms with E-state index in [1.165, 1.54) is 0 Å². The predicted octanol–water partition coefficient (Wildman–Crippen LogP) is 3.61. The van der Waals surface area contributed by atoms with Gasteiger partial charge in [-0.3, -0.25) is 4.79 Å². The zero-order valence-electron chi connectivity index (χ0n) is 11.0. The molecule has 2 aromatic carbocycles. The summed E-state index contributed by atoms with van der Waals surface area (Å²) in [6.07, 6.45) is -0.155. The number of amides is 2. The molecule has 0 aliphatic carbocycles. The van der Waals surface area contributed by atoms with E-state index in [2.05, 4.69) is 10.6 Å². The summed E-state index contributed by atoms with van der Waals surface area (Å²) in [7, 11) is 0. The molecule has 0 atom stereocenters. The number of hydrogen-bond acceptors (Lipinski definition) is 2. The maximum absolute atomic E-state index is 11.9. The quantitative estimate of drug-likeness (QED) is 0.807. The van der Waals surface area contributed by atoms with Crippen LogP contribution in [0.2, 0.25) is 5.02 Å². The molecule has 0 aliphatic heterocycles. The van der Waals surface area contributed by atoms with Crippen molar-refractivity contribution in [3.05, 3.63) is 59.1 Å². The van der Waals surface area contributed by atoms with Gasteiger partial charge in [0.1, 0.15) is 0 Å². The highest BCUT2D eigenvalue weighted by Gasteiger charge is 2.09. The molecule has 0 saturated heterocycles. The Morgan fingerprint density at radius 1 is 1.00 bits per heavy atom. The van der Waals surface area contributed by atoms with Gasteiger partial charge in [-0.1, -0.05) is 29.8 Å². The van der Waals surface area contributed by atoms with E-state index < -0.39 is 12.0 Å². The van der Waals surface area contributed by atoms with Crippen molar-refractivity contribution in [1.82, 2.24) is 0 Å². The SMILES string of the molecule is O=C(O)Cc1ccccc1NC(=O)Nc1ccc(Cl)cc1. The highest BCUT2D eigenvalue weighted by Crippen LogP contribution is 2.17. The van der Waals surface area contributed by atoms with Crippen molar-refractivity contribution < 1.29 is 14.7 Å². The Hall–Kier alpha value is -2.53. The molecule has 0 saturated carbocycles. The fraction of sp³-hybridized carbons (Fsp3) is 0.0667. The summed E-state index contributed by atoms with van der Waals surface area (Å²) in [4.78, 5) is 22.7. The molecule has 0 spiro atoms. The minimum absolute atomic E-state index is 0.155. The summed E-state index contributed by atoms with van der Waals surface area (Å²) in [5.74, 6) is -0.956. The van der Waals surface area contributed by atoms with Crippen LogP contribution in [-0.4, -0.2) is 17.1 Å². The third kappa shape index (κ3) is 4.50. The van der Waals surface area contributed by atoms with Crippen LogP contribution >= 0.6 is 11.6 Å². The second-order valence-electron chi connectivity index (χ2n) is 4.31. The number of rotatable bonds is 4. The number of anilines is 2. The number of carbonyl (C=O) groups excluding carboxylic acids is 1. The number of benzene rings is 2. The second-order valence-corrected chi connectivity index (χ2v) is 4.75. The van der Waals surface area contributed by atoms with Gasteiger partial charge in [-0.2, -0.15) is 0 Å². The van der Waals surface area contributed by atoms with Crippen molar-refractivity contribution in [2.24, 2.45) is 0 Å². The normalized spacial score (nSPS) is 9.95. The number of carboxylic acids is 1. The number of para-hydroxylation sites is 1. The summed E-state index contributed by atoms with van der Waals surface area (Å²) in [6, 6.07) is 13.0. The highest BCUT2D eigenvalue weighted by atomic mass is 35.5. The Kier molecular flexibility index (Phi) is 4.79. The van der Waals surface area contributed by atoms with Crippen molar-refractivity contribution in [2.75, 3.05) is 10.6 Å². The molecule has 3 N–H and O–H groups in total. The Balaban J connectivity index is 2.05. The number of carboxylic acid groups (broad SMARTS) is 1. The molecular formula is C15H13ClN2O3. The summed E-state index contributed by atoms with van der Waals surface area (Å²) >= 11 is 5.76. The number of carbonyl (C=O) groups is 2. The van der Waals surface area contributed by atoms with E-state index in [0.29, 0.717) is 22.0 Å². The largest absolute Gasteiger partial charge is 0.481 e. The van der Waals surface area contributed by atoms with Gasteiger partial charge in [-0.05, 0) is 35.9 Å². The fourth-order valence-electron chi connectivity index (χ4n) is 1.78. The Bertz CT molecular complexity index is 656. The number of nitrogens with one attached hydrogen (secondary N) is 2. The van der Waals surface area contributed by atoms with Crippen LogP contribution in [0.3, 0.4) is 0 Å². The molecule has 0 fully saturated rings. The maximum Gasteiger partial charge on any atom is 0.323 e. The molecule has 0 radical (unpaired) electrons. The summed E-state index contributed by atoms with van der Waals surface area (Å²) in [5.41, 5.74) is 1.59. The molecule has 2 amide bonds. The first-order chi connectivity index (χ1) is 10.0.